The number of likely N-dealkylation sites (tertiary alicyclic amines) is 1. The lowest BCUT2D eigenvalue weighted by Crippen LogP contribution is -2.32. The van der Waals surface area contributed by atoms with E-state index >= 15 is 0 Å². The van der Waals surface area contributed by atoms with Gasteiger partial charge in [-0.15, -0.1) is 0 Å². The highest BCUT2D eigenvalue weighted by Crippen LogP contribution is 2.40. The number of aliphatic hydroxyl groups excluding tert-OH is 1. The zero-order valence-corrected chi connectivity index (χ0v) is 19.6. The average molecular weight is 457 g/mol. The first-order chi connectivity index (χ1) is 15.2. The Hall–Kier alpha value is -2.83. The predicted octanol–water partition coefficient (Wildman–Crippen LogP) is 4.42. The third-order valence-electron chi connectivity index (χ3n) is 5.49. The molecule has 1 heterocycles. The van der Waals surface area contributed by atoms with Gasteiger partial charge in [0.1, 0.15) is 11.5 Å². The SMILES string of the molecule is CCOc1ccc(C(O)=C2C(=O)C(=O)N(CCCN(C)C)[C@@H]2c2ccc(Cl)cc2)c(C)c1. The van der Waals surface area contributed by atoms with Crippen molar-refractivity contribution in [3.8, 4) is 5.75 Å². The minimum absolute atomic E-state index is 0.0921. The molecule has 6 nitrogen and oxygen atoms in total. The number of carbonyl (C=O) groups excluding carboxylic acids is 2. The van der Waals surface area contributed by atoms with Crippen LogP contribution in [0.4, 0.5) is 0 Å². The molecule has 0 aliphatic carbocycles. The lowest BCUT2D eigenvalue weighted by atomic mass is 9.94. The Balaban J connectivity index is 2.09. The van der Waals surface area contributed by atoms with E-state index in [1.165, 1.54) is 0 Å². The molecule has 1 aliphatic heterocycles. The zero-order valence-electron chi connectivity index (χ0n) is 18.9. The number of nitrogens with zero attached hydrogens (tertiary/aromatic N) is 2. The van der Waals surface area contributed by atoms with E-state index in [9.17, 15) is 14.7 Å². The number of ketones is 1. The van der Waals surface area contributed by atoms with Crippen molar-refractivity contribution in [3.63, 3.8) is 0 Å². The van der Waals surface area contributed by atoms with Crippen LogP contribution in [0.25, 0.3) is 5.76 Å². The van der Waals surface area contributed by atoms with Crippen molar-refractivity contribution in [1.29, 1.82) is 0 Å². The molecule has 1 fully saturated rings. The molecule has 0 saturated carbocycles. The summed E-state index contributed by atoms with van der Waals surface area (Å²) in [5, 5.41) is 11.8. The molecule has 0 bridgehead atoms. The molecule has 0 radical (unpaired) electrons. The Morgan fingerprint density at radius 1 is 1.16 bits per heavy atom. The van der Waals surface area contributed by atoms with Crippen LogP contribution in [0.1, 0.15) is 36.1 Å². The van der Waals surface area contributed by atoms with Crippen molar-refractivity contribution < 1.29 is 19.4 Å². The van der Waals surface area contributed by atoms with E-state index in [0.717, 1.165) is 17.7 Å². The Morgan fingerprint density at radius 2 is 1.84 bits per heavy atom. The highest BCUT2D eigenvalue weighted by molar-refractivity contribution is 6.46. The van der Waals surface area contributed by atoms with Crippen LogP contribution in [0.2, 0.25) is 5.02 Å². The number of carbonyl (C=O) groups is 2. The van der Waals surface area contributed by atoms with Gasteiger partial charge in [-0.25, -0.2) is 0 Å². The Bertz CT molecular complexity index is 1030. The highest BCUT2D eigenvalue weighted by Gasteiger charge is 2.45. The van der Waals surface area contributed by atoms with Gasteiger partial charge in [0.2, 0.25) is 0 Å². The first kappa shape index (κ1) is 23.8. The van der Waals surface area contributed by atoms with Gasteiger partial charge in [0.15, 0.2) is 0 Å². The second-order valence-electron chi connectivity index (χ2n) is 8.11. The second kappa shape index (κ2) is 10.2. The topological polar surface area (TPSA) is 70.1 Å². The van der Waals surface area contributed by atoms with Gasteiger partial charge in [0.05, 0.1) is 18.2 Å². The minimum atomic E-state index is -0.680. The van der Waals surface area contributed by atoms with Crippen LogP contribution in [0.3, 0.4) is 0 Å². The monoisotopic (exact) mass is 456 g/mol. The Morgan fingerprint density at radius 3 is 2.44 bits per heavy atom. The molecular weight excluding hydrogens is 428 g/mol. The van der Waals surface area contributed by atoms with Gasteiger partial charge in [-0.1, -0.05) is 23.7 Å². The van der Waals surface area contributed by atoms with Crippen molar-refractivity contribution in [2.75, 3.05) is 33.8 Å². The summed E-state index contributed by atoms with van der Waals surface area (Å²) >= 11 is 6.06. The quantitative estimate of drug-likeness (QED) is 0.361. The molecule has 170 valence electrons. The van der Waals surface area contributed by atoms with Crippen LogP contribution in [0.5, 0.6) is 5.75 Å². The number of ether oxygens (including phenoxy) is 1. The molecule has 1 N–H and O–H groups in total. The lowest BCUT2D eigenvalue weighted by Gasteiger charge is -2.26. The average Bonchev–Trinajstić information content (AvgIpc) is 2.99. The molecule has 2 aromatic carbocycles. The minimum Gasteiger partial charge on any atom is -0.507 e. The summed E-state index contributed by atoms with van der Waals surface area (Å²) in [4.78, 5) is 29.6. The summed E-state index contributed by atoms with van der Waals surface area (Å²) < 4.78 is 5.52. The van der Waals surface area contributed by atoms with Crippen LogP contribution in [-0.4, -0.2) is 60.4 Å². The predicted molar refractivity (Wildman–Crippen MR) is 126 cm³/mol. The van der Waals surface area contributed by atoms with Crippen molar-refractivity contribution in [1.82, 2.24) is 9.80 Å². The highest BCUT2D eigenvalue weighted by atomic mass is 35.5. The van der Waals surface area contributed by atoms with Crippen molar-refractivity contribution in [2.45, 2.75) is 26.3 Å². The first-order valence-corrected chi connectivity index (χ1v) is 11.0. The maximum atomic E-state index is 13.1. The number of benzene rings is 2. The summed E-state index contributed by atoms with van der Waals surface area (Å²) in [5.41, 5.74) is 2.07. The molecular formula is C25H29ClN2O4. The van der Waals surface area contributed by atoms with E-state index < -0.39 is 17.7 Å². The second-order valence-corrected chi connectivity index (χ2v) is 8.55. The largest absolute Gasteiger partial charge is 0.507 e. The van der Waals surface area contributed by atoms with E-state index in [-0.39, 0.29) is 11.3 Å². The summed E-state index contributed by atoms with van der Waals surface area (Å²) in [6.07, 6.45) is 0.701. The molecule has 1 aliphatic rings. The molecule has 1 saturated heterocycles. The smallest absolute Gasteiger partial charge is 0.295 e. The van der Waals surface area contributed by atoms with Gasteiger partial charge < -0.3 is 19.6 Å². The van der Waals surface area contributed by atoms with Crippen LogP contribution in [-0.2, 0) is 9.59 Å². The third-order valence-corrected chi connectivity index (χ3v) is 5.75. The van der Waals surface area contributed by atoms with Crippen LogP contribution < -0.4 is 4.74 Å². The molecule has 7 heteroatoms. The van der Waals surface area contributed by atoms with Gasteiger partial charge in [0, 0.05) is 17.1 Å². The van der Waals surface area contributed by atoms with Crippen molar-refractivity contribution in [2.24, 2.45) is 0 Å². The van der Waals surface area contributed by atoms with Crippen molar-refractivity contribution in [3.05, 3.63) is 69.8 Å². The van der Waals surface area contributed by atoms with Gasteiger partial charge in [-0.05, 0) is 82.4 Å². The maximum Gasteiger partial charge on any atom is 0.295 e. The summed E-state index contributed by atoms with van der Waals surface area (Å²) in [6.45, 7) is 5.43. The number of aliphatic hydroxyl groups is 1. The summed E-state index contributed by atoms with van der Waals surface area (Å²) in [6, 6.07) is 11.6. The number of aryl methyl sites for hydroxylation is 1. The normalized spacial score (nSPS) is 17.9. The first-order valence-electron chi connectivity index (χ1n) is 10.7. The fraction of sp³-hybridized carbons (Fsp3) is 0.360. The van der Waals surface area contributed by atoms with E-state index in [2.05, 4.69) is 0 Å². The summed E-state index contributed by atoms with van der Waals surface area (Å²) in [7, 11) is 3.92. The van der Waals surface area contributed by atoms with E-state index in [1.54, 1.807) is 41.3 Å². The van der Waals surface area contributed by atoms with Crippen LogP contribution >= 0.6 is 11.6 Å². The molecule has 1 amide bonds. The molecule has 0 unspecified atom stereocenters. The molecule has 2 aromatic rings. The Kier molecular flexibility index (Phi) is 7.59. The van der Waals surface area contributed by atoms with E-state index in [1.807, 2.05) is 38.9 Å². The molecule has 1 atom stereocenters. The fourth-order valence-electron chi connectivity index (χ4n) is 3.96. The fourth-order valence-corrected chi connectivity index (χ4v) is 4.09. The lowest BCUT2D eigenvalue weighted by molar-refractivity contribution is -0.139. The number of hydrogen-bond donors (Lipinski definition) is 1. The molecule has 3 rings (SSSR count). The number of rotatable bonds is 8. The van der Waals surface area contributed by atoms with Gasteiger partial charge in [-0.2, -0.15) is 0 Å². The van der Waals surface area contributed by atoms with Crippen LogP contribution in [0, 0.1) is 6.92 Å². The summed E-state index contributed by atoms with van der Waals surface area (Å²) in [5.74, 6) is -0.784. The molecule has 0 spiro atoms. The van der Waals surface area contributed by atoms with Crippen LogP contribution in [0.15, 0.2) is 48.0 Å². The van der Waals surface area contributed by atoms with Gasteiger partial charge >= 0.3 is 0 Å². The van der Waals surface area contributed by atoms with Gasteiger partial charge in [0.25, 0.3) is 11.7 Å². The Labute approximate surface area is 194 Å². The van der Waals surface area contributed by atoms with Gasteiger partial charge in [-0.3, -0.25) is 9.59 Å². The zero-order chi connectivity index (χ0) is 23.4. The maximum absolute atomic E-state index is 13.1. The molecule has 32 heavy (non-hydrogen) atoms. The number of halogens is 1. The standard InChI is InChI=1S/C25H29ClN2O4/c1-5-32-19-11-12-20(16(2)15-19)23(29)21-22(17-7-9-18(26)10-8-17)28(25(31)24(21)30)14-6-13-27(3)4/h7-12,15,22,29H,5-6,13-14H2,1-4H3/t22-/m1/s1. The number of amides is 1. The third kappa shape index (κ3) is 4.97. The number of Topliss-reactive ketones (excluding diaryl/α,β-unsaturated/α-hetero) is 1. The van der Waals surface area contributed by atoms with E-state index in [0.29, 0.717) is 35.9 Å². The van der Waals surface area contributed by atoms with Crippen molar-refractivity contribution >= 4 is 29.1 Å². The molecule has 0 aromatic heterocycles. The number of hydrogen-bond acceptors (Lipinski definition) is 5. The van der Waals surface area contributed by atoms with E-state index in [4.69, 9.17) is 16.3 Å².